The molecular weight excluding hydrogens is 243 g/mol. The smallest absolute Gasteiger partial charge is 0.165 e. The second-order valence-corrected chi connectivity index (χ2v) is 4.20. The Balaban J connectivity index is 1.97. The van der Waals surface area contributed by atoms with Gasteiger partial charge in [-0.3, -0.25) is 4.98 Å². The standard InChI is InChI=1S/C15H17FN2O/c1-2-17-9-12-5-6-15(14(16)8-12)19-11-13-4-3-7-18-10-13/h3-8,10,17H,2,9,11H2,1H3. The van der Waals surface area contributed by atoms with Crippen molar-refractivity contribution >= 4 is 0 Å². The molecule has 19 heavy (non-hydrogen) atoms. The normalized spacial score (nSPS) is 10.4. The lowest BCUT2D eigenvalue weighted by Crippen LogP contribution is -2.11. The Hall–Kier alpha value is -1.94. The van der Waals surface area contributed by atoms with Crippen LogP contribution in [0.25, 0.3) is 0 Å². The zero-order chi connectivity index (χ0) is 13.5. The number of nitrogens with one attached hydrogen (secondary N) is 1. The minimum atomic E-state index is -0.334. The summed E-state index contributed by atoms with van der Waals surface area (Å²) >= 11 is 0. The lowest BCUT2D eigenvalue weighted by molar-refractivity contribution is 0.289. The molecule has 1 aromatic heterocycles. The van der Waals surface area contributed by atoms with Gasteiger partial charge in [-0.2, -0.15) is 0 Å². The fourth-order valence-corrected chi connectivity index (χ4v) is 1.69. The van der Waals surface area contributed by atoms with Crippen LogP contribution in [0.3, 0.4) is 0 Å². The zero-order valence-electron chi connectivity index (χ0n) is 10.9. The number of nitrogens with zero attached hydrogens (tertiary/aromatic N) is 1. The highest BCUT2D eigenvalue weighted by Crippen LogP contribution is 2.19. The first-order valence-electron chi connectivity index (χ1n) is 6.30. The lowest BCUT2D eigenvalue weighted by atomic mass is 10.2. The predicted molar refractivity (Wildman–Crippen MR) is 72.3 cm³/mol. The summed E-state index contributed by atoms with van der Waals surface area (Å²) in [5, 5.41) is 3.15. The average molecular weight is 260 g/mol. The van der Waals surface area contributed by atoms with Gasteiger partial charge in [-0.05, 0) is 30.3 Å². The van der Waals surface area contributed by atoms with Crippen molar-refractivity contribution in [2.24, 2.45) is 0 Å². The molecule has 0 amide bonds. The van der Waals surface area contributed by atoms with Crippen LogP contribution in [0.2, 0.25) is 0 Å². The number of pyridine rings is 1. The first kappa shape index (κ1) is 13.5. The fourth-order valence-electron chi connectivity index (χ4n) is 1.69. The summed E-state index contributed by atoms with van der Waals surface area (Å²) < 4.78 is 19.3. The molecule has 0 fully saturated rings. The van der Waals surface area contributed by atoms with Gasteiger partial charge in [-0.1, -0.05) is 19.1 Å². The van der Waals surface area contributed by atoms with Crippen molar-refractivity contribution in [3.63, 3.8) is 0 Å². The lowest BCUT2D eigenvalue weighted by Gasteiger charge is -2.09. The summed E-state index contributed by atoms with van der Waals surface area (Å²) in [5.41, 5.74) is 1.83. The number of rotatable bonds is 6. The summed E-state index contributed by atoms with van der Waals surface area (Å²) in [4.78, 5) is 3.99. The van der Waals surface area contributed by atoms with E-state index in [2.05, 4.69) is 10.3 Å². The number of aromatic nitrogens is 1. The molecule has 0 radical (unpaired) electrons. The average Bonchev–Trinajstić information content (AvgIpc) is 2.45. The first-order chi connectivity index (χ1) is 9.29. The van der Waals surface area contributed by atoms with Crippen LogP contribution < -0.4 is 10.1 Å². The van der Waals surface area contributed by atoms with Crippen molar-refractivity contribution in [1.29, 1.82) is 0 Å². The van der Waals surface area contributed by atoms with Crippen molar-refractivity contribution in [2.75, 3.05) is 6.54 Å². The van der Waals surface area contributed by atoms with Gasteiger partial charge in [0.15, 0.2) is 11.6 Å². The summed E-state index contributed by atoms with van der Waals surface area (Å²) in [7, 11) is 0. The molecule has 1 N–H and O–H groups in total. The highest BCUT2D eigenvalue weighted by molar-refractivity contribution is 5.29. The monoisotopic (exact) mass is 260 g/mol. The molecular formula is C15H17FN2O. The van der Waals surface area contributed by atoms with Crippen LogP contribution in [0.4, 0.5) is 4.39 Å². The SMILES string of the molecule is CCNCc1ccc(OCc2cccnc2)c(F)c1. The molecule has 0 aliphatic carbocycles. The van der Waals surface area contributed by atoms with Crippen LogP contribution in [0, 0.1) is 5.82 Å². The number of ether oxygens (including phenoxy) is 1. The van der Waals surface area contributed by atoms with Crippen LogP contribution in [0.5, 0.6) is 5.75 Å². The van der Waals surface area contributed by atoms with Crippen molar-refractivity contribution in [3.8, 4) is 5.75 Å². The third-order valence-corrected chi connectivity index (χ3v) is 2.69. The van der Waals surface area contributed by atoms with Crippen LogP contribution in [-0.2, 0) is 13.2 Å². The maximum absolute atomic E-state index is 13.8. The van der Waals surface area contributed by atoms with Crippen LogP contribution in [-0.4, -0.2) is 11.5 Å². The molecule has 0 aliphatic rings. The molecule has 0 atom stereocenters. The van der Waals surface area contributed by atoms with E-state index in [1.54, 1.807) is 18.5 Å². The van der Waals surface area contributed by atoms with E-state index in [1.807, 2.05) is 25.1 Å². The van der Waals surface area contributed by atoms with Gasteiger partial charge in [-0.15, -0.1) is 0 Å². The van der Waals surface area contributed by atoms with E-state index in [0.29, 0.717) is 13.2 Å². The second-order valence-electron chi connectivity index (χ2n) is 4.20. The van der Waals surface area contributed by atoms with E-state index in [9.17, 15) is 4.39 Å². The van der Waals surface area contributed by atoms with Crippen LogP contribution in [0.1, 0.15) is 18.1 Å². The molecule has 0 bridgehead atoms. The van der Waals surface area contributed by atoms with Gasteiger partial charge in [0.25, 0.3) is 0 Å². The molecule has 2 rings (SSSR count). The van der Waals surface area contributed by atoms with E-state index in [4.69, 9.17) is 4.74 Å². The van der Waals surface area contributed by atoms with Crippen LogP contribution in [0.15, 0.2) is 42.7 Å². The second kappa shape index (κ2) is 6.85. The molecule has 0 aliphatic heterocycles. The van der Waals surface area contributed by atoms with E-state index in [0.717, 1.165) is 17.7 Å². The Kier molecular flexibility index (Phi) is 4.86. The van der Waals surface area contributed by atoms with Gasteiger partial charge >= 0.3 is 0 Å². The number of benzene rings is 1. The Morgan fingerprint density at radius 2 is 2.16 bits per heavy atom. The van der Waals surface area contributed by atoms with Gasteiger partial charge in [0, 0.05) is 24.5 Å². The van der Waals surface area contributed by atoms with Gasteiger partial charge in [0.05, 0.1) is 0 Å². The highest BCUT2D eigenvalue weighted by atomic mass is 19.1. The molecule has 1 heterocycles. The topological polar surface area (TPSA) is 34.1 Å². The molecule has 2 aromatic rings. The number of halogens is 1. The van der Waals surface area contributed by atoms with E-state index in [1.165, 1.54) is 6.07 Å². The predicted octanol–water partition coefficient (Wildman–Crippen LogP) is 2.91. The highest BCUT2D eigenvalue weighted by Gasteiger charge is 2.05. The molecule has 100 valence electrons. The molecule has 0 saturated carbocycles. The fraction of sp³-hybridized carbons (Fsp3) is 0.267. The van der Waals surface area contributed by atoms with E-state index < -0.39 is 0 Å². The largest absolute Gasteiger partial charge is 0.486 e. The third kappa shape index (κ3) is 4.03. The van der Waals surface area contributed by atoms with Gasteiger partial charge < -0.3 is 10.1 Å². The summed E-state index contributed by atoms with van der Waals surface area (Å²) in [6.07, 6.45) is 3.40. The summed E-state index contributed by atoms with van der Waals surface area (Å²) in [6.45, 7) is 3.86. The van der Waals surface area contributed by atoms with Crippen molar-refractivity contribution in [1.82, 2.24) is 10.3 Å². The maximum atomic E-state index is 13.8. The van der Waals surface area contributed by atoms with Crippen molar-refractivity contribution in [2.45, 2.75) is 20.1 Å². The van der Waals surface area contributed by atoms with Gasteiger partial charge in [0.1, 0.15) is 6.61 Å². The molecule has 0 saturated heterocycles. The van der Waals surface area contributed by atoms with Crippen molar-refractivity contribution < 1.29 is 9.13 Å². The van der Waals surface area contributed by atoms with Gasteiger partial charge in [0.2, 0.25) is 0 Å². The zero-order valence-corrected chi connectivity index (χ0v) is 10.9. The molecule has 3 nitrogen and oxygen atoms in total. The van der Waals surface area contributed by atoms with Gasteiger partial charge in [-0.25, -0.2) is 4.39 Å². The Morgan fingerprint density at radius 3 is 2.84 bits per heavy atom. The molecule has 0 spiro atoms. The minimum Gasteiger partial charge on any atom is -0.486 e. The molecule has 1 aromatic carbocycles. The summed E-state index contributed by atoms with van der Waals surface area (Å²) in [5.74, 6) is -0.0663. The Bertz CT molecular complexity index is 517. The molecule has 0 unspecified atom stereocenters. The number of hydrogen-bond donors (Lipinski definition) is 1. The van der Waals surface area contributed by atoms with Crippen LogP contribution >= 0.6 is 0 Å². The van der Waals surface area contributed by atoms with E-state index in [-0.39, 0.29) is 11.6 Å². The first-order valence-corrected chi connectivity index (χ1v) is 6.30. The maximum Gasteiger partial charge on any atom is 0.165 e. The Labute approximate surface area is 112 Å². The summed E-state index contributed by atoms with van der Waals surface area (Å²) in [6, 6.07) is 8.75. The third-order valence-electron chi connectivity index (χ3n) is 2.69. The minimum absolute atomic E-state index is 0.268. The number of hydrogen-bond acceptors (Lipinski definition) is 3. The molecule has 4 heteroatoms. The quantitative estimate of drug-likeness (QED) is 0.867. The van der Waals surface area contributed by atoms with Crippen molar-refractivity contribution in [3.05, 3.63) is 59.7 Å². The van der Waals surface area contributed by atoms with E-state index >= 15 is 0 Å². The Morgan fingerprint density at radius 1 is 1.26 bits per heavy atom.